The summed E-state index contributed by atoms with van der Waals surface area (Å²) >= 11 is 0. The van der Waals surface area contributed by atoms with E-state index in [4.69, 9.17) is 4.74 Å². The molecule has 0 saturated heterocycles. The number of ether oxygens (including phenoxy) is 1. The van der Waals surface area contributed by atoms with Crippen molar-refractivity contribution in [2.75, 3.05) is 17.2 Å². The Balaban J connectivity index is 1.59. The van der Waals surface area contributed by atoms with Crippen LogP contribution in [-0.4, -0.2) is 29.2 Å². The third-order valence-corrected chi connectivity index (χ3v) is 4.67. The van der Waals surface area contributed by atoms with E-state index in [0.29, 0.717) is 17.8 Å². The van der Waals surface area contributed by atoms with Gasteiger partial charge in [-0.05, 0) is 48.9 Å². The number of nitro benzene ring substituents is 1. The second-order valence-electron chi connectivity index (χ2n) is 7.09. The highest BCUT2D eigenvalue weighted by atomic mass is 16.6. The Hall–Kier alpha value is -4.53. The molecule has 0 unspecified atom stereocenters. The predicted octanol–water partition coefficient (Wildman–Crippen LogP) is 4.21. The Kier molecular flexibility index (Phi) is 7.48. The lowest BCUT2D eigenvalue weighted by molar-refractivity contribution is -0.384. The Labute approximate surface area is 189 Å². The third-order valence-electron chi connectivity index (χ3n) is 4.67. The molecule has 0 heterocycles. The summed E-state index contributed by atoms with van der Waals surface area (Å²) in [4.78, 5) is 46.5. The van der Waals surface area contributed by atoms with Gasteiger partial charge in [0.2, 0.25) is 0 Å². The molecule has 0 atom stereocenters. The van der Waals surface area contributed by atoms with E-state index in [1.54, 1.807) is 24.3 Å². The fourth-order valence-electron chi connectivity index (χ4n) is 2.95. The van der Waals surface area contributed by atoms with Crippen LogP contribution in [0.3, 0.4) is 0 Å². The molecule has 0 spiro atoms. The smallest absolute Gasteiger partial charge is 0.338 e. The van der Waals surface area contributed by atoms with Gasteiger partial charge in [-0.1, -0.05) is 30.3 Å². The van der Waals surface area contributed by atoms with Crippen molar-refractivity contribution in [1.82, 2.24) is 0 Å². The lowest BCUT2D eigenvalue weighted by atomic mass is 10.1. The molecule has 33 heavy (non-hydrogen) atoms. The minimum Gasteiger partial charge on any atom is -0.452 e. The number of rotatable bonds is 9. The summed E-state index contributed by atoms with van der Waals surface area (Å²) in [6, 6.07) is 19.5. The largest absolute Gasteiger partial charge is 0.452 e. The molecule has 9 nitrogen and oxygen atoms in total. The fraction of sp³-hybridized carbons (Fsp3) is 0.125. The highest BCUT2D eigenvalue weighted by molar-refractivity contribution is 5.97. The minimum absolute atomic E-state index is 0.0504. The van der Waals surface area contributed by atoms with Gasteiger partial charge in [-0.15, -0.1) is 0 Å². The molecule has 0 bridgehead atoms. The Morgan fingerprint density at radius 2 is 1.61 bits per heavy atom. The van der Waals surface area contributed by atoms with Crippen LogP contribution in [0, 0.1) is 10.1 Å². The van der Waals surface area contributed by atoms with Crippen molar-refractivity contribution in [2.45, 2.75) is 13.5 Å². The van der Waals surface area contributed by atoms with Crippen molar-refractivity contribution in [2.24, 2.45) is 0 Å². The van der Waals surface area contributed by atoms with Crippen LogP contribution in [0.2, 0.25) is 0 Å². The van der Waals surface area contributed by atoms with Crippen molar-refractivity contribution >= 4 is 34.7 Å². The second kappa shape index (κ2) is 10.7. The average molecular weight is 447 g/mol. The van der Waals surface area contributed by atoms with E-state index in [2.05, 4.69) is 10.6 Å². The monoisotopic (exact) mass is 447 g/mol. The number of Topliss-reactive ketones (excluding diaryl/α,β-unsaturated/α-hetero) is 1. The minimum atomic E-state index is -0.866. The van der Waals surface area contributed by atoms with Crippen molar-refractivity contribution in [3.8, 4) is 0 Å². The van der Waals surface area contributed by atoms with Gasteiger partial charge in [0.1, 0.15) is 5.69 Å². The average Bonchev–Trinajstić information content (AvgIpc) is 2.82. The molecule has 9 heteroatoms. The van der Waals surface area contributed by atoms with Crippen LogP contribution in [0.4, 0.5) is 17.1 Å². The van der Waals surface area contributed by atoms with Gasteiger partial charge < -0.3 is 15.4 Å². The summed E-state index contributed by atoms with van der Waals surface area (Å²) in [6.07, 6.45) is 0. The molecule has 3 aromatic carbocycles. The van der Waals surface area contributed by atoms with Crippen LogP contribution >= 0.6 is 0 Å². The predicted molar refractivity (Wildman–Crippen MR) is 122 cm³/mol. The standard InChI is InChI=1S/C24H21N3O6/c1-16(28)18-7-10-20(11-8-18)26-23(29)15-33-24(30)19-9-12-21(22(13-19)27(31)32)25-14-17-5-3-2-4-6-17/h2-13,25H,14-15H2,1H3,(H,26,29). The number of benzene rings is 3. The number of hydrogen-bond donors (Lipinski definition) is 2. The van der Waals surface area contributed by atoms with Crippen LogP contribution in [0.25, 0.3) is 0 Å². The highest BCUT2D eigenvalue weighted by Gasteiger charge is 2.19. The number of hydrogen-bond acceptors (Lipinski definition) is 7. The maximum Gasteiger partial charge on any atom is 0.338 e. The van der Waals surface area contributed by atoms with Crippen LogP contribution in [0.5, 0.6) is 0 Å². The van der Waals surface area contributed by atoms with E-state index >= 15 is 0 Å². The normalized spacial score (nSPS) is 10.2. The number of ketones is 1. The Morgan fingerprint density at radius 3 is 2.24 bits per heavy atom. The molecule has 0 radical (unpaired) electrons. The molecule has 0 fully saturated rings. The zero-order chi connectivity index (χ0) is 23.8. The van der Waals surface area contributed by atoms with E-state index in [9.17, 15) is 24.5 Å². The topological polar surface area (TPSA) is 128 Å². The summed E-state index contributed by atoms with van der Waals surface area (Å²) in [5.41, 5.74) is 1.80. The first-order chi connectivity index (χ1) is 15.8. The first kappa shape index (κ1) is 23.1. The quantitative estimate of drug-likeness (QED) is 0.218. The van der Waals surface area contributed by atoms with Gasteiger partial charge in [0, 0.05) is 23.9 Å². The van der Waals surface area contributed by atoms with Crippen molar-refractivity contribution in [3.63, 3.8) is 0 Å². The zero-order valence-corrected chi connectivity index (χ0v) is 17.7. The van der Waals surface area contributed by atoms with Crippen molar-refractivity contribution in [1.29, 1.82) is 0 Å². The van der Waals surface area contributed by atoms with Crippen LogP contribution < -0.4 is 10.6 Å². The molecular formula is C24H21N3O6. The van der Waals surface area contributed by atoms with Gasteiger partial charge in [0.25, 0.3) is 11.6 Å². The molecule has 1 amide bonds. The lowest BCUT2D eigenvalue weighted by Crippen LogP contribution is -2.21. The van der Waals surface area contributed by atoms with E-state index < -0.39 is 23.4 Å². The number of carbonyl (C=O) groups excluding carboxylic acids is 3. The van der Waals surface area contributed by atoms with E-state index in [1.165, 1.54) is 19.1 Å². The third kappa shape index (κ3) is 6.47. The summed E-state index contributed by atoms with van der Waals surface area (Å²) < 4.78 is 4.98. The summed E-state index contributed by atoms with van der Waals surface area (Å²) in [5.74, 6) is -1.55. The number of carbonyl (C=O) groups is 3. The Morgan fingerprint density at radius 1 is 0.939 bits per heavy atom. The van der Waals surface area contributed by atoms with Crippen LogP contribution in [0.1, 0.15) is 33.2 Å². The summed E-state index contributed by atoms with van der Waals surface area (Å²) in [6.45, 7) is 1.23. The highest BCUT2D eigenvalue weighted by Crippen LogP contribution is 2.26. The maximum atomic E-state index is 12.3. The lowest BCUT2D eigenvalue weighted by Gasteiger charge is -2.10. The van der Waals surface area contributed by atoms with Crippen LogP contribution in [-0.2, 0) is 16.1 Å². The first-order valence-corrected chi connectivity index (χ1v) is 9.97. The number of amides is 1. The van der Waals surface area contributed by atoms with Gasteiger partial charge >= 0.3 is 5.97 Å². The van der Waals surface area contributed by atoms with Gasteiger partial charge in [0.05, 0.1) is 10.5 Å². The summed E-state index contributed by atoms with van der Waals surface area (Å²) in [7, 11) is 0. The van der Waals surface area contributed by atoms with Crippen molar-refractivity contribution < 1.29 is 24.0 Å². The van der Waals surface area contributed by atoms with E-state index in [1.807, 2.05) is 30.3 Å². The molecule has 2 N–H and O–H groups in total. The number of esters is 1. The molecule has 0 aliphatic carbocycles. The fourth-order valence-corrected chi connectivity index (χ4v) is 2.95. The molecule has 0 aliphatic heterocycles. The molecular weight excluding hydrogens is 426 g/mol. The van der Waals surface area contributed by atoms with Crippen molar-refractivity contribution in [3.05, 3.63) is 99.6 Å². The van der Waals surface area contributed by atoms with E-state index in [0.717, 1.165) is 11.6 Å². The van der Waals surface area contributed by atoms with E-state index in [-0.39, 0.29) is 22.7 Å². The SMILES string of the molecule is CC(=O)c1ccc(NC(=O)COC(=O)c2ccc(NCc3ccccc3)c([N+](=O)[O-])c2)cc1. The molecule has 0 aliphatic rings. The molecule has 3 rings (SSSR count). The summed E-state index contributed by atoms with van der Waals surface area (Å²) in [5, 5.41) is 17.0. The number of nitrogens with one attached hydrogen (secondary N) is 2. The molecule has 3 aromatic rings. The van der Waals surface area contributed by atoms with Gasteiger partial charge in [-0.2, -0.15) is 0 Å². The van der Waals surface area contributed by atoms with Crippen LogP contribution in [0.15, 0.2) is 72.8 Å². The molecule has 0 aromatic heterocycles. The number of nitrogens with zero attached hydrogens (tertiary/aromatic N) is 1. The molecule has 0 saturated carbocycles. The number of anilines is 2. The van der Waals surface area contributed by atoms with Gasteiger partial charge in [0.15, 0.2) is 12.4 Å². The Bertz CT molecular complexity index is 1180. The number of nitro groups is 1. The maximum absolute atomic E-state index is 12.3. The second-order valence-corrected chi connectivity index (χ2v) is 7.09. The van der Waals surface area contributed by atoms with Gasteiger partial charge in [-0.3, -0.25) is 19.7 Å². The molecule has 168 valence electrons. The first-order valence-electron chi connectivity index (χ1n) is 9.97. The van der Waals surface area contributed by atoms with Gasteiger partial charge in [-0.25, -0.2) is 4.79 Å². The zero-order valence-electron chi connectivity index (χ0n) is 17.7.